The summed E-state index contributed by atoms with van der Waals surface area (Å²) in [6.07, 6.45) is 1.72. The number of carbonyl (C=O) groups excluding carboxylic acids is 1. The van der Waals surface area contributed by atoms with Gasteiger partial charge in [-0.05, 0) is 36.8 Å². The SMILES string of the molecule is C=CCN(Cc1ccc(Cl)s1)C(=O)c1cc(N)ccc1C. The maximum atomic E-state index is 12.7. The van der Waals surface area contributed by atoms with Crippen LogP contribution in [0, 0.1) is 6.92 Å². The average molecular weight is 321 g/mol. The maximum Gasteiger partial charge on any atom is 0.254 e. The van der Waals surface area contributed by atoms with Crippen LogP contribution in [-0.2, 0) is 6.54 Å². The van der Waals surface area contributed by atoms with Gasteiger partial charge in [0, 0.05) is 22.7 Å². The van der Waals surface area contributed by atoms with Gasteiger partial charge in [0.2, 0.25) is 0 Å². The molecule has 2 N–H and O–H groups in total. The van der Waals surface area contributed by atoms with Gasteiger partial charge < -0.3 is 10.6 Å². The molecular weight excluding hydrogens is 304 g/mol. The zero-order valence-electron chi connectivity index (χ0n) is 11.8. The third-order valence-corrected chi connectivity index (χ3v) is 4.32. The molecule has 0 aliphatic heterocycles. The summed E-state index contributed by atoms with van der Waals surface area (Å²) in [5.74, 6) is -0.0516. The lowest BCUT2D eigenvalue weighted by Gasteiger charge is -2.21. The van der Waals surface area contributed by atoms with Gasteiger partial charge >= 0.3 is 0 Å². The quantitative estimate of drug-likeness (QED) is 0.665. The van der Waals surface area contributed by atoms with Gasteiger partial charge in [-0.3, -0.25) is 4.79 Å². The number of carbonyl (C=O) groups is 1. The fraction of sp³-hybridized carbons (Fsp3) is 0.188. The van der Waals surface area contributed by atoms with Crippen molar-refractivity contribution in [3.63, 3.8) is 0 Å². The molecule has 110 valence electrons. The number of nitrogens with zero attached hydrogens (tertiary/aromatic N) is 1. The first-order valence-corrected chi connectivity index (χ1v) is 7.71. The summed E-state index contributed by atoms with van der Waals surface area (Å²) in [6, 6.07) is 9.14. The maximum absolute atomic E-state index is 12.7. The summed E-state index contributed by atoms with van der Waals surface area (Å²) < 4.78 is 0.719. The number of amides is 1. The monoisotopic (exact) mass is 320 g/mol. The fourth-order valence-corrected chi connectivity index (χ4v) is 3.14. The summed E-state index contributed by atoms with van der Waals surface area (Å²) in [7, 11) is 0. The summed E-state index contributed by atoms with van der Waals surface area (Å²) in [4.78, 5) is 15.5. The number of rotatable bonds is 5. The highest BCUT2D eigenvalue weighted by Gasteiger charge is 2.18. The van der Waals surface area contributed by atoms with Gasteiger partial charge in [0.05, 0.1) is 10.9 Å². The minimum absolute atomic E-state index is 0.0516. The van der Waals surface area contributed by atoms with Crippen LogP contribution in [0.2, 0.25) is 4.34 Å². The van der Waals surface area contributed by atoms with Crippen molar-refractivity contribution in [3.8, 4) is 0 Å². The molecule has 0 unspecified atom stereocenters. The molecule has 3 nitrogen and oxygen atoms in total. The number of thiophene rings is 1. The van der Waals surface area contributed by atoms with E-state index in [9.17, 15) is 4.79 Å². The topological polar surface area (TPSA) is 46.3 Å². The van der Waals surface area contributed by atoms with E-state index in [1.54, 1.807) is 23.1 Å². The molecule has 0 bridgehead atoms. The highest BCUT2D eigenvalue weighted by molar-refractivity contribution is 7.16. The van der Waals surface area contributed by atoms with Crippen LogP contribution >= 0.6 is 22.9 Å². The fourth-order valence-electron chi connectivity index (χ4n) is 2.04. The van der Waals surface area contributed by atoms with Crippen LogP contribution in [0.25, 0.3) is 0 Å². The van der Waals surface area contributed by atoms with Gasteiger partial charge in [-0.2, -0.15) is 0 Å². The number of benzene rings is 1. The Balaban J connectivity index is 2.26. The number of hydrogen-bond acceptors (Lipinski definition) is 3. The molecule has 21 heavy (non-hydrogen) atoms. The molecule has 0 radical (unpaired) electrons. The summed E-state index contributed by atoms with van der Waals surface area (Å²) in [6.45, 7) is 6.61. The van der Waals surface area contributed by atoms with Gasteiger partial charge in [-0.1, -0.05) is 23.7 Å². The molecule has 2 aromatic rings. The molecule has 1 aromatic heterocycles. The molecule has 0 saturated carbocycles. The lowest BCUT2D eigenvalue weighted by molar-refractivity contribution is 0.0763. The smallest absolute Gasteiger partial charge is 0.254 e. The minimum atomic E-state index is -0.0516. The molecule has 0 fully saturated rings. The predicted molar refractivity (Wildman–Crippen MR) is 89.9 cm³/mol. The van der Waals surface area contributed by atoms with E-state index in [1.807, 2.05) is 25.1 Å². The molecule has 1 aromatic carbocycles. The van der Waals surface area contributed by atoms with Crippen LogP contribution in [0.5, 0.6) is 0 Å². The van der Waals surface area contributed by atoms with E-state index in [0.717, 1.165) is 14.8 Å². The van der Waals surface area contributed by atoms with Crippen molar-refractivity contribution >= 4 is 34.5 Å². The lowest BCUT2D eigenvalue weighted by Crippen LogP contribution is -2.31. The van der Waals surface area contributed by atoms with E-state index in [-0.39, 0.29) is 5.91 Å². The summed E-state index contributed by atoms with van der Waals surface area (Å²) in [5.41, 5.74) is 7.91. The van der Waals surface area contributed by atoms with Crippen molar-refractivity contribution in [3.05, 3.63) is 63.3 Å². The zero-order chi connectivity index (χ0) is 15.4. The number of nitrogens with two attached hydrogens (primary N) is 1. The van der Waals surface area contributed by atoms with E-state index < -0.39 is 0 Å². The molecule has 0 aliphatic carbocycles. The number of halogens is 1. The molecular formula is C16H17ClN2OS. The molecule has 5 heteroatoms. The molecule has 0 spiro atoms. The van der Waals surface area contributed by atoms with Crippen molar-refractivity contribution in [2.75, 3.05) is 12.3 Å². The number of hydrogen-bond donors (Lipinski definition) is 1. The van der Waals surface area contributed by atoms with Crippen molar-refractivity contribution < 1.29 is 4.79 Å². The normalized spacial score (nSPS) is 10.4. The first-order valence-electron chi connectivity index (χ1n) is 6.51. The van der Waals surface area contributed by atoms with Crippen LogP contribution in [-0.4, -0.2) is 17.4 Å². The largest absolute Gasteiger partial charge is 0.399 e. The Kier molecular flexibility index (Phi) is 5.04. The third-order valence-electron chi connectivity index (χ3n) is 3.10. The standard InChI is InChI=1S/C16H17ClN2OS/c1-3-8-19(10-13-6-7-15(17)21-13)16(20)14-9-12(18)5-4-11(14)2/h3-7,9H,1,8,10,18H2,2H3. The molecule has 0 atom stereocenters. The predicted octanol–water partition coefficient (Wildman–Crippen LogP) is 4.12. The average Bonchev–Trinajstić information content (AvgIpc) is 2.86. The van der Waals surface area contributed by atoms with Crippen LogP contribution in [0.4, 0.5) is 5.69 Å². The lowest BCUT2D eigenvalue weighted by atomic mass is 10.1. The highest BCUT2D eigenvalue weighted by Crippen LogP contribution is 2.24. The Morgan fingerprint density at radius 3 is 2.81 bits per heavy atom. The summed E-state index contributed by atoms with van der Waals surface area (Å²) >= 11 is 7.42. The number of nitrogen functional groups attached to an aromatic ring is 1. The van der Waals surface area contributed by atoms with Gasteiger partial charge in [0.25, 0.3) is 5.91 Å². The third kappa shape index (κ3) is 3.86. The van der Waals surface area contributed by atoms with Crippen LogP contribution in [0.1, 0.15) is 20.8 Å². The minimum Gasteiger partial charge on any atom is -0.399 e. The van der Waals surface area contributed by atoms with Crippen LogP contribution < -0.4 is 5.73 Å². The highest BCUT2D eigenvalue weighted by atomic mass is 35.5. The Hall–Kier alpha value is -1.78. The van der Waals surface area contributed by atoms with Crippen molar-refractivity contribution in [1.82, 2.24) is 4.90 Å². The first-order chi connectivity index (χ1) is 10.0. The van der Waals surface area contributed by atoms with Crippen LogP contribution in [0.15, 0.2) is 43.0 Å². The van der Waals surface area contributed by atoms with E-state index in [2.05, 4.69) is 6.58 Å². The second kappa shape index (κ2) is 6.78. The van der Waals surface area contributed by atoms with E-state index in [1.165, 1.54) is 11.3 Å². The molecule has 1 amide bonds. The second-order valence-corrected chi connectivity index (χ2v) is 6.55. The van der Waals surface area contributed by atoms with Crippen LogP contribution in [0.3, 0.4) is 0 Å². The number of aryl methyl sites for hydroxylation is 1. The Morgan fingerprint density at radius 2 is 2.19 bits per heavy atom. The molecule has 2 rings (SSSR count). The van der Waals surface area contributed by atoms with Gasteiger partial charge in [0.1, 0.15) is 0 Å². The Labute approximate surface area is 133 Å². The zero-order valence-corrected chi connectivity index (χ0v) is 13.4. The van der Waals surface area contributed by atoms with Gasteiger partial charge in [0.15, 0.2) is 0 Å². The van der Waals surface area contributed by atoms with E-state index >= 15 is 0 Å². The van der Waals surface area contributed by atoms with Crippen molar-refractivity contribution in [2.24, 2.45) is 0 Å². The first kappa shape index (κ1) is 15.6. The van der Waals surface area contributed by atoms with Gasteiger partial charge in [-0.15, -0.1) is 17.9 Å². The summed E-state index contributed by atoms with van der Waals surface area (Å²) in [5, 5.41) is 0. The van der Waals surface area contributed by atoms with Crippen molar-refractivity contribution in [1.29, 1.82) is 0 Å². The Morgan fingerprint density at radius 1 is 1.43 bits per heavy atom. The van der Waals surface area contributed by atoms with Crippen molar-refractivity contribution in [2.45, 2.75) is 13.5 Å². The van der Waals surface area contributed by atoms with Gasteiger partial charge in [-0.25, -0.2) is 0 Å². The second-order valence-electron chi connectivity index (χ2n) is 4.75. The number of anilines is 1. The van der Waals surface area contributed by atoms with E-state index in [0.29, 0.717) is 24.3 Å². The molecule has 1 heterocycles. The molecule has 0 saturated heterocycles. The Bertz CT molecular complexity index is 666. The molecule has 0 aliphatic rings. The van der Waals surface area contributed by atoms with E-state index in [4.69, 9.17) is 17.3 Å².